The standard InChI is InChI=1S/C13H20ClNO/c1-3-7-15-8-4-9-16-13-10-12(14)6-5-11(13)2/h5-6,10,15H,3-4,7-9H2,1-2H3. The van der Waals surface area contributed by atoms with E-state index in [0.717, 1.165) is 42.5 Å². The molecule has 0 bridgehead atoms. The molecule has 0 aliphatic carbocycles. The van der Waals surface area contributed by atoms with Crippen LogP contribution in [0, 0.1) is 6.92 Å². The van der Waals surface area contributed by atoms with Gasteiger partial charge in [-0.1, -0.05) is 24.6 Å². The molecule has 0 saturated carbocycles. The van der Waals surface area contributed by atoms with Crippen molar-refractivity contribution in [3.05, 3.63) is 28.8 Å². The Bertz CT molecular complexity index is 315. The van der Waals surface area contributed by atoms with Crippen LogP contribution in [-0.4, -0.2) is 19.7 Å². The highest BCUT2D eigenvalue weighted by Crippen LogP contribution is 2.22. The van der Waals surface area contributed by atoms with E-state index in [4.69, 9.17) is 16.3 Å². The van der Waals surface area contributed by atoms with Gasteiger partial charge in [0.05, 0.1) is 6.61 Å². The summed E-state index contributed by atoms with van der Waals surface area (Å²) in [7, 11) is 0. The summed E-state index contributed by atoms with van der Waals surface area (Å²) < 4.78 is 5.67. The fraction of sp³-hybridized carbons (Fsp3) is 0.538. The van der Waals surface area contributed by atoms with Gasteiger partial charge in [0.25, 0.3) is 0 Å². The molecule has 1 aromatic carbocycles. The van der Waals surface area contributed by atoms with E-state index < -0.39 is 0 Å². The van der Waals surface area contributed by atoms with Gasteiger partial charge in [-0.2, -0.15) is 0 Å². The van der Waals surface area contributed by atoms with Gasteiger partial charge in [0, 0.05) is 5.02 Å². The van der Waals surface area contributed by atoms with Crippen LogP contribution in [0.2, 0.25) is 5.02 Å². The molecule has 1 rings (SSSR count). The second-order valence-corrected chi connectivity index (χ2v) is 4.30. The summed E-state index contributed by atoms with van der Waals surface area (Å²) in [5.74, 6) is 0.892. The molecule has 0 amide bonds. The van der Waals surface area contributed by atoms with Crippen LogP contribution in [0.1, 0.15) is 25.3 Å². The van der Waals surface area contributed by atoms with E-state index in [9.17, 15) is 0 Å². The SMILES string of the molecule is CCCNCCCOc1cc(Cl)ccc1C. The van der Waals surface area contributed by atoms with Crippen molar-refractivity contribution in [2.75, 3.05) is 19.7 Å². The van der Waals surface area contributed by atoms with Crippen LogP contribution >= 0.6 is 11.6 Å². The zero-order valence-corrected chi connectivity index (χ0v) is 10.8. The minimum absolute atomic E-state index is 0.727. The van der Waals surface area contributed by atoms with E-state index in [1.807, 2.05) is 25.1 Å². The number of aryl methyl sites for hydroxylation is 1. The first-order valence-corrected chi connectivity index (χ1v) is 6.21. The molecule has 0 saturated heterocycles. The number of benzene rings is 1. The Morgan fingerprint density at radius 1 is 1.31 bits per heavy atom. The van der Waals surface area contributed by atoms with Gasteiger partial charge in [0.2, 0.25) is 0 Å². The van der Waals surface area contributed by atoms with E-state index in [2.05, 4.69) is 12.2 Å². The molecule has 0 fully saturated rings. The molecule has 0 atom stereocenters. The van der Waals surface area contributed by atoms with Gasteiger partial charge < -0.3 is 10.1 Å². The van der Waals surface area contributed by atoms with E-state index in [-0.39, 0.29) is 0 Å². The molecule has 0 radical (unpaired) electrons. The topological polar surface area (TPSA) is 21.3 Å². The number of hydrogen-bond acceptors (Lipinski definition) is 2. The zero-order valence-electron chi connectivity index (χ0n) is 10.1. The molecule has 0 aliphatic heterocycles. The third kappa shape index (κ3) is 4.86. The fourth-order valence-corrected chi connectivity index (χ4v) is 1.57. The first-order chi connectivity index (χ1) is 7.74. The highest BCUT2D eigenvalue weighted by atomic mass is 35.5. The van der Waals surface area contributed by atoms with Crippen LogP contribution in [0.15, 0.2) is 18.2 Å². The second kappa shape index (κ2) is 7.53. The van der Waals surface area contributed by atoms with Crippen molar-refractivity contribution >= 4 is 11.6 Å². The summed E-state index contributed by atoms with van der Waals surface area (Å²) in [5.41, 5.74) is 1.13. The van der Waals surface area contributed by atoms with Gasteiger partial charge >= 0.3 is 0 Å². The van der Waals surface area contributed by atoms with Gasteiger partial charge in [-0.25, -0.2) is 0 Å². The van der Waals surface area contributed by atoms with Crippen LogP contribution in [0.4, 0.5) is 0 Å². The Balaban J connectivity index is 2.23. The van der Waals surface area contributed by atoms with E-state index in [0.29, 0.717) is 0 Å². The Morgan fingerprint density at radius 3 is 2.88 bits per heavy atom. The number of halogens is 1. The highest BCUT2D eigenvalue weighted by Gasteiger charge is 1.99. The third-order valence-corrected chi connectivity index (χ3v) is 2.57. The van der Waals surface area contributed by atoms with E-state index in [1.165, 1.54) is 6.42 Å². The molecule has 0 aromatic heterocycles. The van der Waals surface area contributed by atoms with Crippen molar-refractivity contribution in [1.29, 1.82) is 0 Å². The fourth-order valence-electron chi connectivity index (χ4n) is 1.41. The number of rotatable bonds is 7. The highest BCUT2D eigenvalue weighted by molar-refractivity contribution is 6.30. The van der Waals surface area contributed by atoms with Gasteiger partial charge in [0.15, 0.2) is 0 Å². The predicted octanol–water partition coefficient (Wildman–Crippen LogP) is 3.42. The molecule has 1 aromatic rings. The summed E-state index contributed by atoms with van der Waals surface area (Å²) in [6.45, 7) is 7.02. The van der Waals surface area contributed by atoms with Gasteiger partial charge in [0.1, 0.15) is 5.75 Å². The first-order valence-electron chi connectivity index (χ1n) is 5.83. The number of hydrogen-bond donors (Lipinski definition) is 1. The van der Waals surface area contributed by atoms with Crippen LogP contribution in [0.25, 0.3) is 0 Å². The van der Waals surface area contributed by atoms with Crippen LogP contribution in [0.3, 0.4) is 0 Å². The normalized spacial score (nSPS) is 10.4. The summed E-state index contributed by atoms with van der Waals surface area (Å²) in [6.07, 6.45) is 2.19. The Kier molecular flexibility index (Phi) is 6.27. The van der Waals surface area contributed by atoms with Crippen molar-refractivity contribution in [2.24, 2.45) is 0 Å². The molecule has 1 N–H and O–H groups in total. The van der Waals surface area contributed by atoms with Crippen LogP contribution in [-0.2, 0) is 0 Å². The molecule has 2 nitrogen and oxygen atoms in total. The van der Waals surface area contributed by atoms with Crippen molar-refractivity contribution in [3.63, 3.8) is 0 Å². The number of ether oxygens (including phenoxy) is 1. The molecule has 0 heterocycles. The summed E-state index contributed by atoms with van der Waals surface area (Å²) >= 11 is 5.91. The molecule has 0 spiro atoms. The van der Waals surface area contributed by atoms with Crippen molar-refractivity contribution < 1.29 is 4.74 Å². The van der Waals surface area contributed by atoms with Crippen molar-refractivity contribution in [3.8, 4) is 5.75 Å². The lowest BCUT2D eigenvalue weighted by Gasteiger charge is -2.09. The average molecular weight is 242 g/mol. The van der Waals surface area contributed by atoms with Crippen LogP contribution < -0.4 is 10.1 Å². The molecule has 3 heteroatoms. The largest absolute Gasteiger partial charge is 0.493 e. The van der Waals surface area contributed by atoms with Crippen LogP contribution in [0.5, 0.6) is 5.75 Å². The van der Waals surface area contributed by atoms with Gasteiger partial charge in [-0.15, -0.1) is 0 Å². The van der Waals surface area contributed by atoms with Gasteiger partial charge in [-0.3, -0.25) is 0 Å². The quantitative estimate of drug-likeness (QED) is 0.739. The molecule has 0 unspecified atom stereocenters. The minimum Gasteiger partial charge on any atom is -0.493 e. The summed E-state index contributed by atoms with van der Waals surface area (Å²) in [4.78, 5) is 0. The Morgan fingerprint density at radius 2 is 2.12 bits per heavy atom. The Labute approximate surface area is 103 Å². The lowest BCUT2D eigenvalue weighted by atomic mass is 10.2. The molecular formula is C13H20ClNO. The number of nitrogens with one attached hydrogen (secondary N) is 1. The van der Waals surface area contributed by atoms with Crippen molar-refractivity contribution in [2.45, 2.75) is 26.7 Å². The lowest BCUT2D eigenvalue weighted by Crippen LogP contribution is -2.18. The average Bonchev–Trinajstić information content (AvgIpc) is 2.28. The Hall–Kier alpha value is -0.730. The van der Waals surface area contributed by atoms with E-state index in [1.54, 1.807) is 0 Å². The zero-order chi connectivity index (χ0) is 11.8. The lowest BCUT2D eigenvalue weighted by molar-refractivity contribution is 0.306. The van der Waals surface area contributed by atoms with Gasteiger partial charge in [-0.05, 0) is 50.6 Å². The third-order valence-electron chi connectivity index (χ3n) is 2.33. The van der Waals surface area contributed by atoms with E-state index >= 15 is 0 Å². The first kappa shape index (κ1) is 13.3. The maximum Gasteiger partial charge on any atom is 0.123 e. The monoisotopic (exact) mass is 241 g/mol. The summed E-state index contributed by atoms with van der Waals surface area (Å²) in [6, 6.07) is 5.73. The van der Waals surface area contributed by atoms with Crippen molar-refractivity contribution in [1.82, 2.24) is 5.32 Å². The summed E-state index contributed by atoms with van der Waals surface area (Å²) in [5, 5.41) is 4.07. The molecule has 0 aliphatic rings. The molecular weight excluding hydrogens is 222 g/mol. The maximum atomic E-state index is 5.91. The molecule has 16 heavy (non-hydrogen) atoms. The predicted molar refractivity (Wildman–Crippen MR) is 69.5 cm³/mol. The minimum atomic E-state index is 0.727. The molecule has 90 valence electrons. The smallest absolute Gasteiger partial charge is 0.123 e. The maximum absolute atomic E-state index is 5.91. The second-order valence-electron chi connectivity index (χ2n) is 3.86.